The Morgan fingerprint density at radius 3 is 2.33 bits per heavy atom. The van der Waals surface area contributed by atoms with E-state index in [1.807, 2.05) is 0 Å². The summed E-state index contributed by atoms with van der Waals surface area (Å²) in [5, 5.41) is 3.13. The Labute approximate surface area is 151 Å². The van der Waals surface area contributed by atoms with Gasteiger partial charge >= 0.3 is 12.1 Å². The topological polar surface area (TPSA) is 75.7 Å². The smallest absolute Gasteiger partial charge is 0.355 e. The van der Waals surface area contributed by atoms with Gasteiger partial charge < -0.3 is 10.2 Å². The first kappa shape index (κ1) is 18.4. The molecule has 0 saturated carbocycles. The average molecular weight is 378 g/mol. The van der Waals surface area contributed by atoms with Crippen LogP contribution in [0.25, 0.3) is 0 Å². The van der Waals surface area contributed by atoms with Gasteiger partial charge in [-0.1, -0.05) is 18.2 Å². The van der Waals surface area contributed by atoms with Crippen LogP contribution in [0.4, 0.5) is 24.5 Å². The third kappa shape index (κ3) is 4.08. The van der Waals surface area contributed by atoms with Crippen LogP contribution in [-0.2, 0) is 20.6 Å². The summed E-state index contributed by atoms with van der Waals surface area (Å²) in [7, 11) is 0. The van der Waals surface area contributed by atoms with Crippen molar-refractivity contribution in [1.29, 1.82) is 0 Å². The van der Waals surface area contributed by atoms with Gasteiger partial charge in [-0.15, -0.1) is 5.06 Å². The zero-order valence-corrected chi connectivity index (χ0v) is 13.7. The highest BCUT2D eigenvalue weighted by atomic mass is 19.4. The second kappa shape index (κ2) is 7.10. The third-order valence-electron chi connectivity index (χ3n) is 3.80. The number of nitrogens with one attached hydrogen (secondary N) is 1. The molecule has 0 radical (unpaired) electrons. The number of hydrogen-bond acceptors (Lipinski definition) is 5. The van der Waals surface area contributed by atoms with Gasteiger partial charge in [-0.05, 0) is 30.3 Å². The van der Waals surface area contributed by atoms with Crippen LogP contribution in [0.1, 0.15) is 28.8 Å². The Kier molecular flexibility index (Phi) is 4.85. The second-order valence-electron chi connectivity index (χ2n) is 5.71. The molecule has 0 atom stereocenters. The van der Waals surface area contributed by atoms with Crippen LogP contribution in [0, 0.1) is 0 Å². The van der Waals surface area contributed by atoms with Gasteiger partial charge in [0.1, 0.15) is 0 Å². The highest BCUT2D eigenvalue weighted by Gasteiger charge is 2.34. The average Bonchev–Trinajstić information content (AvgIpc) is 2.93. The maximum Gasteiger partial charge on any atom is 0.416 e. The van der Waals surface area contributed by atoms with Crippen molar-refractivity contribution < 1.29 is 32.4 Å². The quantitative estimate of drug-likeness (QED) is 0.822. The van der Waals surface area contributed by atoms with Crippen molar-refractivity contribution in [2.75, 3.05) is 5.32 Å². The van der Waals surface area contributed by atoms with Crippen LogP contribution in [0.2, 0.25) is 0 Å². The summed E-state index contributed by atoms with van der Waals surface area (Å²) in [5.74, 6) is -2.23. The summed E-state index contributed by atoms with van der Waals surface area (Å²) in [6.07, 6.45) is -4.60. The van der Waals surface area contributed by atoms with Gasteiger partial charge in [0.05, 0.1) is 16.8 Å². The number of rotatable bonds is 4. The van der Waals surface area contributed by atoms with E-state index >= 15 is 0 Å². The number of alkyl halides is 3. The number of benzene rings is 2. The van der Waals surface area contributed by atoms with Crippen LogP contribution < -0.4 is 5.32 Å². The normalized spacial score (nSPS) is 14.4. The summed E-state index contributed by atoms with van der Waals surface area (Å²) in [5.41, 5.74) is -0.609. The highest BCUT2D eigenvalue weighted by Crippen LogP contribution is 2.32. The standard InChI is InChI=1S/C18H13F3N2O4/c19-18(20,21)11-4-3-5-12(10-11)22-14-7-2-1-6-13(14)17(26)27-23-15(24)8-9-16(23)25/h1-7,10,22H,8-9H2. The van der Waals surface area contributed by atoms with Gasteiger partial charge in [0, 0.05) is 18.5 Å². The van der Waals surface area contributed by atoms with Crippen molar-refractivity contribution in [3.05, 3.63) is 59.7 Å². The van der Waals surface area contributed by atoms with Gasteiger partial charge in [-0.3, -0.25) is 9.59 Å². The van der Waals surface area contributed by atoms with Gasteiger partial charge in [0.15, 0.2) is 0 Å². The lowest BCUT2D eigenvalue weighted by molar-refractivity contribution is -0.172. The minimum Gasteiger partial charge on any atom is -0.355 e. The van der Waals surface area contributed by atoms with Gasteiger partial charge in [0.2, 0.25) is 0 Å². The predicted octanol–water partition coefficient (Wildman–Crippen LogP) is 3.67. The van der Waals surface area contributed by atoms with Crippen LogP contribution in [0.3, 0.4) is 0 Å². The predicted molar refractivity (Wildman–Crippen MR) is 87.7 cm³/mol. The summed E-state index contributed by atoms with van der Waals surface area (Å²) in [4.78, 5) is 40.3. The Balaban J connectivity index is 1.83. The lowest BCUT2D eigenvalue weighted by Crippen LogP contribution is -2.32. The molecule has 0 aliphatic carbocycles. The fourth-order valence-corrected chi connectivity index (χ4v) is 2.49. The number of hydroxylamine groups is 2. The fourth-order valence-electron chi connectivity index (χ4n) is 2.49. The summed E-state index contributed by atoms with van der Waals surface area (Å²) in [6, 6.07) is 10.4. The summed E-state index contributed by atoms with van der Waals surface area (Å²) < 4.78 is 38.5. The molecule has 0 unspecified atom stereocenters. The molecule has 0 aromatic heterocycles. The van der Waals surface area contributed by atoms with E-state index in [0.717, 1.165) is 12.1 Å². The van der Waals surface area contributed by atoms with Crippen molar-refractivity contribution >= 4 is 29.2 Å². The minimum absolute atomic E-state index is 0.0394. The molecule has 1 N–H and O–H groups in total. The lowest BCUT2D eigenvalue weighted by Gasteiger charge is -2.16. The van der Waals surface area contributed by atoms with Crippen LogP contribution in [-0.4, -0.2) is 22.8 Å². The summed E-state index contributed by atoms with van der Waals surface area (Å²) in [6.45, 7) is 0. The molecule has 1 saturated heterocycles. The second-order valence-corrected chi connectivity index (χ2v) is 5.71. The molecule has 6 nitrogen and oxygen atoms in total. The molecule has 1 fully saturated rings. The molecule has 2 aromatic rings. The first-order valence-corrected chi connectivity index (χ1v) is 7.87. The molecule has 0 spiro atoms. The first-order chi connectivity index (χ1) is 12.8. The number of carbonyl (C=O) groups excluding carboxylic acids is 3. The van der Waals surface area contributed by atoms with Crippen LogP contribution in [0.5, 0.6) is 0 Å². The molecular formula is C18H13F3N2O4. The lowest BCUT2D eigenvalue weighted by atomic mass is 10.1. The van der Waals surface area contributed by atoms with Crippen molar-refractivity contribution in [2.45, 2.75) is 19.0 Å². The van der Waals surface area contributed by atoms with E-state index in [-0.39, 0.29) is 29.8 Å². The number of amides is 2. The van der Waals surface area contributed by atoms with E-state index in [0.29, 0.717) is 5.06 Å². The van der Waals surface area contributed by atoms with Gasteiger partial charge in [0.25, 0.3) is 11.8 Å². The summed E-state index contributed by atoms with van der Waals surface area (Å²) >= 11 is 0. The number of anilines is 2. The van der Waals surface area contributed by atoms with Crippen molar-refractivity contribution in [2.24, 2.45) is 0 Å². The molecule has 2 amide bonds. The molecule has 1 heterocycles. The van der Waals surface area contributed by atoms with Crippen molar-refractivity contribution in [1.82, 2.24) is 5.06 Å². The van der Waals surface area contributed by atoms with E-state index in [9.17, 15) is 27.6 Å². The van der Waals surface area contributed by atoms with E-state index in [1.165, 1.54) is 30.3 Å². The SMILES string of the molecule is O=C(ON1C(=O)CCC1=O)c1ccccc1Nc1cccc(C(F)(F)F)c1. The van der Waals surface area contributed by atoms with Crippen molar-refractivity contribution in [3.8, 4) is 0 Å². The number of hydrogen-bond donors (Lipinski definition) is 1. The molecule has 2 aromatic carbocycles. The highest BCUT2D eigenvalue weighted by molar-refractivity contribution is 6.04. The molecule has 1 aliphatic rings. The number of para-hydroxylation sites is 1. The molecular weight excluding hydrogens is 365 g/mol. The van der Waals surface area contributed by atoms with Crippen molar-refractivity contribution in [3.63, 3.8) is 0 Å². The molecule has 140 valence electrons. The fraction of sp³-hybridized carbons (Fsp3) is 0.167. The molecule has 3 rings (SSSR count). The number of halogens is 3. The van der Waals surface area contributed by atoms with E-state index in [4.69, 9.17) is 4.84 Å². The molecule has 27 heavy (non-hydrogen) atoms. The number of carbonyl (C=O) groups is 3. The zero-order chi connectivity index (χ0) is 19.6. The third-order valence-corrected chi connectivity index (χ3v) is 3.80. The number of nitrogens with zero attached hydrogens (tertiary/aromatic N) is 1. The Bertz CT molecular complexity index is 895. The largest absolute Gasteiger partial charge is 0.416 e. The van der Waals surface area contributed by atoms with Crippen LogP contribution >= 0.6 is 0 Å². The van der Waals surface area contributed by atoms with Gasteiger partial charge in [-0.25, -0.2) is 4.79 Å². The van der Waals surface area contributed by atoms with E-state index < -0.39 is 29.5 Å². The van der Waals surface area contributed by atoms with E-state index in [2.05, 4.69) is 5.32 Å². The van der Waals surface area contributed by atoms with Crippen LogP contribution in [0.15, 0.2) is 48.5 Å². The minimum atomic E-state index is -4.51. The maximum atomic E-state index is 12.8. The first-order valence-electron chi connectivity index (χ1n) is 7.87. The Hall–Kier alpha value is -3.36. The number of imide groups is 1. The molecule has 0 bridgehead atoms. The maximum absolute atomic E-state index is 12.8. The Morgan fingerprint density at radius 2 is 1.67 bits per heavy atom. The van der Waals surface area contributed by atoms with Gasteiger partial charge in [-0.2, -0.15) is 13.2 Å². The zero-order valence-electron chi connectivity index (χ0n) is 13.7. The molecule has 9 heteroatoms. The Morgan fingerprint density at radius 1 is 1.00 bits per heavy atom. The molecule has 1 aliphatic heterocycles. The van der Waals surface area contributed by atoms with E-state index in [1.54, 1.807) is 6.07 Å². The monoisotopic (exact) mass is 378 g/mol.